The lowest BCUT2D eigenvalue weighted by Gasteiger charge is -2.26. The molecule has 0 aliphatic carbocycles. The molecule has 2 nitrogen and oxygen atoms in total. The van der Waals surface area contributed by atoms with Crippen molar-refractivity contribution in [1.29, 1.82) is 0 Å². The van der Waals surface area contributed by atoms with Crippen molar-refractivity contribution in [2.45, 2.75) is 13.3 Å². The van der Waals surface area contributed by atoms with Gasteiger partial charge in [0.05, 0.1) is 6.61 Å². The van der Waals surface area contributed by atoms with Gasteiger partial charge in [0, 0.05) is 25.6 Å². The molecule has 1 aliphatic rings. The summed E-state index contributed by atoms with van der Waals surface area (Å²) in [5, 5.41) is 3.21. The Bertz CT molecular complexity index is 76.0. The Morgan fingerprint density at radius 3 is 2.60 bits per heavy atom. The quantitative estimate of drug-likeness (QED) is 0.629. The van der Waals surface area contributed by atoms with E-state index in [0.29, 0.717) is 0 Å². The Morgan fingerprint density at radius 1 is 1.50 bits per heavy atom. The van der Waals surface area contributed by atoms with Crippen molar-refractivity contribution in [2.75, 3.05) is 26.3 Å². The fourth-order valence-electron chi connectivity index (χ4n) is 0.861. The Morgan fingerprint density at radius 2 is 2.20 bits per heavy atom. The molecule has 0 saturated carbocycles. The molecule has 0 bridgehead atoms. The van der Waals surface area contributed by atoms with Crippen LogP contribution in [-0.4, -0.2) is 26.3 Å². The lowest BCUT2D eigenvalue weighted by Crippen LogP contribution is -2.44. The molecule has 0 aromatic heterocycles. The van der Waals surface area contributed by atoms with E-state index in [1.54, 1.807) is 0 Å². The fraction of sp³-hybridized carbons (Fsp3) is 1.00. The topological polar surface area (TPSA) is 21.3 Å². The maximum absolute atomic E-state index is 5.35. The molecule has 0 atom stereocenters. The molecule has 0 aromatic rings. The van der Waals surface area contributed by atoms with Gasteiger partial charge in [0.15, 0.2) is 0 Å². The van der Waals surface area contributed by atoms with Crippen LogP contribution >= 0.6 is 12.4 Å². The first-order valence-corrected chi connectivity index (χ1v) is 3.72. The second kappa shape index (κ2) is 5.96. The van der Waals surface area contributed by atoms with Gasteiger partial charge in [-0.15, -0.1) is 12.4 Å². The van der Waals surface area contributed by atoms with Crippen LogP contribution in [0.3, 0.4) is 0 Å². The van der Waals surface area contributed by atoms with Crippen LogP contribution in [0.1, 0.15) is 13.3 Å². The van der Waals surface area contributed by atoms with Gasteiger partial charge in [-0.1, -0.05) is 6.92 Å². The molecular formula is C7H16ClNO. The number of rotatable bonds is 4. The third-order valence-electron chi connectivity index (χ3n) is 1.57. The highest BCUT2D eigenvalue weighted by atomic mass is 35.5. The fourth-order valence-corrected chi connectivity index (χ4v) is 0.861. The summed E-state index contributed by atoms with van der Waals surface area (Å²) in [4.78, 5) is 0. The Hall–Kier alpha value is 0.210. The summed E-state index contributed by atoms with van der Waals surface area (Å²) in [7, 11) is 0. The number of nitrogens with one attached hydrogen (secondary N) is 1. The molecule has 1 fully saturated rings. The minimum absolute atomic E-state index is 0. The van der Waals surface area contributed by atoms with Crippen molar-refractivity contribution < 1.29 is 4.74 Å². The molecular weight excluding hydrogens is 150 g/mol. The van der Waals surface area contributed by atoms with E-state index < -0.39 is 0 Å². The minimum atomic E-state index is 0. The number of halogens is 1. The van der Waals surface area contributed by atoms with Gasteiger partial charge in [-0.05, 0) is 6.42 Å². The molecule has 1 heterocycles. The van der Waals surface area contributed by atoms with Crippen molar-refractivity contribution in [1.82, 2.24) is 5.32 Å². The van der Waals surface area contributed by atoms with Gasteiger partial charge in [-0.2, -0.15) is 0 Å². The van der Waals surface area contributed by atoms with E-state index in [-0.39, 0.29) is 12.4 Å². The molecule has 62 valence electrons. The van der Waals surface area contributed by atoms with Crippen LogP contribution in [-0.2, 0) is 4.74 Å². The third kappa shape index (κ3) is 3.40. The van der Waals surface area contributed by atoms with Crippen LogP contribution in [0.2, 0.25) is 0 Å². The van der Waals surface area contributed by atoms with E-state index in [1.807, 2.05) is 0 Å². The van der Waals surface area contributed by atoms with Gasteiger partial charge in [0.1, 0.15) is 0 Å². The van der Waals surface area contributed by atoms with Crippen molar-refractivity contribution in [2.24, 2.45) is 5.92 Å². The SMILES string of the molecule is CCCOCC1CNC1.Cl. The summed E-state index contributed by atoms with van der Waals surface area (Å²) in [5.74, 6) is 0.802. The van der Waals surface area contributed by atoms with Crippen LogP contribution in [0.4, 0.5) is 0 Å². The Labute approximate surface area is 68.7 Å². The molecule has 1 rings (SSSR count). The van der Waals surface area contributed by atoms with Gasteiger partial charge in [0.2, 0.25) is 0 Å². The van der Waals surface area contributed by atoms with Crippen molar-refractivity contribution in [3.63, 3.8) is 0 Å². The van der Waals surface area contributed by atoms with E-state index in [9.17, 15) is 0 Å². The molecule has 0 aromatic carbocycles. The number of hydrogen-bond acceptors (Lipinski definition) is 2. The highest BCUT2D eigenvalue weighted by molar-refractivity contribution is 5.85. The summed E-state index contributed by atoms with van der Waals surface area (Å²) in [6, 6.07) is 0. The number of ether oxygens (including phenoxy) is 1. The van der Waals surface area contributed by atoms with E-state index in [4.69, 9.17) is 4.74 Å². The minimum Gasteiger partial charge on any atom is -0.381 e. The zero-order valence-electron chi connectivity index (χ0n) is 6.43. The number of hydrogen-bond donors (Lipinski definition) is 1. The van der Waals surface area contributed by atoms with E-state index in [1.165, 1.54) is 0 Å². The first-order chi connectivity index (χ1) is 4.43. The molecule has 1 N–H and O–H groups in total. The molecule has 0 spiro atoms. The van der Waals surface area contributed by atoms with E-state index in [2.05, 4.69) is 12.2 Å². The monoisotopic (exact) mass is 165 g/mol. The first kappa shape index (κ1) is 10.2. The van der Waals surface area contributed by atoms with Crippen LogP contribution < -0.4 is 5.32 Å². The second-order valence-corrected chi connectivity index (χ2v) is 2.60. The van der Waals surface area contributed by atoms with Crippen LogP contribution in [0.25, 0.3) is 0 Å². The average molecular weight is 166 g/mol. The van der Waals surface area contributed by atoms with Crippen LogP contribution in [0.15, 0.2) is 0 Å². The first-order valence-electron chi connectivity index (χ1n) is 3.72. The molecule has 0 amide bonds. The average Bonchev–Trinajstić information content (AvgIpc) is 1.76. The summed E-state index contributed by atoms with van der Waals surface area (Å²) >= 11 is 0. The van der Waals surface area contributed by atoms with Crippen molar-refractivity contribution in [3.8, 4) is 0 Å². The zero-order valence-corrected chi connectivity index (χ0v) is 7.25. The van der Waals surface area contributed by atoms with Gasteiger partial charge in [0.25, 0.3) is 0 Å². The normalized spacial score (nSPS) is 17.7. The summed E-state index contributed by atoms with van der Waals surface area (Å²) < 4.78 is 5.35. The third-order valence-corrected chi connectivity index (χ3v) is 1.57. The van der Waals surface area contributed by atoms with Gasteiger partial charge in [-0.25, -0.2) is 0 Å². The lowest BCUT2D eigenvalue weighted by atomic mass is 10.1. The van der Waals surface area contributed by atoms with E-state index in [0.717, 1.165) is 38.6 Å². The van der Waals surface area contributed by atoms with Gasteiger partial charge in [-0.3, -0.25) is 0 Å². The Balaban J connectivity index is 0.000000810. The van der Waals surface area contributed by atoms with Crippen molar-refractivity contribution in [3.05, 3.63) is 0 Å². The molecule has 1 saturated heterocycles. The van der Waals surface area contributed by atoms with Crippen molar-refractivity contribution >= 4 is 12.4 Å². The maximum Gasteiger partial charge on any atom is 0.0518 e. The lowest BCUT2D eigenvalue weighted by molar-refractivity contribution is 0.0805. The summed E-state index contributed by atoms with van der Waals surface area (Å²) in [6.07, 6.45) is 1.14. The highest BCUT2D eigenvalue weighted by Gasteiger charge is 2.15. The van der Waals surface area contributed by atoms with E-state index >= 15 is 0 Å². The summed E-state index contributed by atoms with van der Waals surface area (Å²) in [6.45, 7) is 6.34. The standard InChI is InChI=1S/C7H15NO.ClH/c1-2-3-9-6-7-4-8-5-7;/h7-8H,2-6H2,1H3;1H. The molecule has 3 heteroatoms. The summed E-state index contributed by atoms with van der Waals surface area (Å²) in [5.41, 5.74) is 0. The van der Waals surface area contributed by atoms with Crippen LogP contribution in [0.5, 0.6) is 0 Å². The van der Waals surface area contributed by atoms with Gasteiger partial charge < -0.3 is 10.1 Å². The maximum atomic E-state index is 5.35. The predicted octanol–water partition coefficient (Wildman–Crippen LogP) is 1.05. The zero-order chi connectivity index (χ0) is 6.53. The molecule has 10 heavy (non-hydrogen) atoms. The molecule has 0 unspecified atom stereocenters. The smallest absolute Gasteiger partial charge is 0.0518 e. The largest absolute Gasteiger partial charge is 0.381 e. The van der Waals surface area contributed by atoms with Gasteiger partial charge >= 0.3 is 0 Å². The van der Waals surface area contributed by atoms with Crippen LogP contribution in [0, 0.1) is 5.92 Å². The molecule has 1 aliphatic heterocycles. The second-order valence-electron chi connectivity index (χ2n) is 2.60. The predicted molar refractivity (Wildman–Crippen MR) is 44.7 cm³/mol. The Kier molecular flexibility index (Phi) is 6.08. The highest BCUT2D eigenvalue weighted by Crippen LogP contribution is 2.02. The molecule has 0 radical (unpaired) electrons.